The van der Waals surface area contributed by atoms with Gasteiger partial charge in [-0.2, -0.15) is 5.10 Å². The van der Waals surface area contributed by atoms with E-state index in [0.29, 0.717) is 31.2 Å². The molecule has 26 heavy (non-hydrogen) atoms. The predicted molar refractivity (Wildman–Crippen MR) is 102 cm³/mol. The van der Waals surface area contributed by atoms with Crippen molar-refractivity contribution in [1.82, 2.24) is 20.4 Å². The number of rotatable bonds is 8. The zero-order valence-corrected chi connectivity index (χ0v) is 16.8. The van der Waals surface area contributed by atoms with Gasteiger partial charge in [-0.3, -0.25) is 14.7 Å². The van der Waals surface area contributed by atoms with E-state index >= 15 is 0 Å². The van der Waals surface area contributed by atoms with E-state index in [1.807, 2.05) is 24.9 Å². The Morgan fingerprint density at radius 2 is 2.15 bits per heavy atom. The first-order valence-electron chi connectivity index (χ1n) is 9.74. The highest BCUT2D eigenvalue weighted by molar-refractivity contribution is 5.81. The van der Waals surface area contributed by atoms with Crippen LogP contribution in [-0.2, 0) is 16.0 Å². The zero-order valence-electron chi connectivity index (χ0n) is 16.8. The van der Waals surface area contributed by atoms with E-state index in [4.69, 9.17) is 0 Å². The first-order valence-corrected chi connectivity index (χ1v) is 9.74. The van der Waals surface area contributed by atoms with Crippen molar-refractivity contribution in [3.8, 4) is 0 Å². The third kappa shape index (κ3) is 5.58. The highest BCUT2D eigenvalue weighted by atomic mass is 16.2. The molecule has 0 spiro atoms. The van der Waals surface area contributed by atoms with Gasteiger partial charge in [-0.05, 0) is 43.6 Å². The summed E-state index contributed by atoms with van der Waals surface area (Å²) in [6.45, 7) is 11.8. The summed E-state index contributed by atoms with van der Waals surface area (Å²) in [6, 6.07) is 0.234. The zero-order chi connectivity index (χ0) is 19.3. The molecule has 6 heteroatoms. The van der Waals surface area contributed by atoms with Crippen molar-refractivity contribution in [2.24, 2.45) is 17.3 Å². The molecular formula is C20H34N4O2. The van der Waals surface area contributed by atoms with Crippen LogP contribution in [0.4, 0.5) is 0 Å². The fraction of sp³-hybridized carbons (Fsp3) is 0.750. The molecule has 2 atom stereocenters. The molecule has 0 aromatic carbocycles. The van der Waals surface area contributed by atoms with Crippen molar-refractivity contribution >= 4 is 11.8 Å². The topological polar surface area (TPSA) is 78.1 Å². The van der Waals surface area contributed by atoms with Gasteiger partial charge in [0.15, 0.2) is 0 Å². The van der Waals surface area contributed by atoms with E-state index in [9.17, 15) is 9.59 Å². The smallest absolute Gasteiger partial charge is 0.225 e. The highest BCUT2D eigenvalue weighted by Crippen LogP contribution is 2.27. The largest absolute Gasteiger partial charge is 0.355 e. The second kappa shape index (κ2) is 8.69. The molecule has 1 aromatic rings. The first-order chi connectivity index (χ1) is 12.2. The van der Waals surface area contributed by atoms with E-state index in [1.165, 1.54) is 0 Å². The maximum absolute atomic E-state index is 12.5. The molecular weight excluding hydrogens is 328 g/mol. The van der Waals surface area contributed by atoms with Crippen LogP contribution < -0.4 is 5.32 Å². The van der Waals surface area contributed by atoms with Crippen molar-refractivity contribution in [1.29, 1.82) is 0 Å². The predicted octanol–water partition coefficient (Wildman–Crippen LogP) is 2.77. The number of likely N-dealkylation sites (tertiary alicyclic amines) is 1. The minimum Gasteiger partial charge on any atom is -0.355 e. The molecule has 1 aliphatic rings. The summed E-state index contributed by atoms with van der Waals surface area (Å²) in [5.41, 5.74) is 0.708. The molecule has 2 unspecified atom stereocenters. The second-order valence-corrected chi connectivity index (χ2v) is 8.80. The number of hydrogen-bond donors (Lipinski definition) is 2. The summed E-state index contributed by atoms with van der Waals surface area (Å²) in [5, 5.41) is 9.80. The van der Waals surface area contributed by atoms with Crippen molar-refractivity contribution in [2.45, 2.75) is 66.3 Å². The fourth-order valence-electron chi connectivity index (χ4n) is 4.04. The average Bonchev–Trinajstić information content (AvgIpc) is 3.18. The van der Waals surface area contributed by atoms with Crippen LogP contribution in [0.1, 0.15) is 59.4 Å². The maximum Gasteiger partial charge on any atom is 0.225 e. The lowest BCUT2D eigenvalue weighted by atomic mass is 9.83. The minimum absolute atomic E-state index is 0.114. The Morgan fingerprint density at radius 1 is 1.42 bits per heavy atom. The molecule has 1 aliphatic heterocycles. The molecule has 2 N–H and O–H groups in total. The number of aromatic nitrogens is 2. The van der Waals surface area contributed by atoms with Crippen LogP contribution in [0.5, 0.6) is 0 Å². The van der Waals surface area contributed by atoms with Crippen molar-refractivity contribution in [3.05, 3.63) is 18.0 Å². The fourth-order valence-corrected chi connectivity index (χ4v) is 4.04. The number of H-pyrrole nitrogens is 1. The van der Waals surface area contributed by atoms with E-state index < -0.39 is 0 Å². The lowest BCUT2D eigenvalue weighted by Crippen LogP contribution is -2.40. The van der Waals surface area contributed by atoms with Gasteiger partial charge in [0.2, 0.25) is 11.8 Å². The number of carbonyl (C=O) groups excluding carboxylic acids is 2. The number of amides is 2. The van der Waals surface area contributed by atoms with Crippen molar-refractivity contribution in [2.75, 3.05) is 13.1 Å². The molecule has 1 saturated heterocycles. The van der Waals surface area contributed by atoms with Crippen molar-refractivity contribution < 1.29 is 9.59 Å². The maximum atomic E-state index is 12.5. The number of aryl methyl sites for hydroxylation is 1. The van der Waals surface area contributed by atoms with Gasteiger partial charge in [0.05, 0.1) is 6.20 Å². The SMILES string of the molecule is CC(C)CC(C)(C)C(=O)NCC1CC(C)N(C(=O)CCc2cn[nH]c2)C1. The molecule has 6 nitrogen and oxygen atoms in total. The van der Waals surface area contributed by atoms with Crippen LogP contribution in [-0.4, -0.2) is 46.0 Å². The Balaban J connectivity index is 1.78. The average molecular weight is 363 g/mol. The van der Waals surface area contributed by atoms with Crippen LogP contribution in [0.15, 0.2) is 12.4 Å². The number of carbonyl (C=O) groups is 2. The van der Waals surface area contributed by atoms with Gasteiger partial charge in [0, 0.05) is 37.2 Å². The molecule has 0 bridgehead atoms. The Labute approximate surface area is 157 Å². The van der Waals surface area contributed by atoms with Gasteiger partial charge in [-0.1, -0.05) is 27.7 Å². The summed E-state index contributed by atoms with van der Waals surface area (Å²) in [7, 11) is 0. The number of nitrogens with zero attached hydrogens (tertiary/aromatic N) is 2. The summed E-state index contributed by atoms with van der Waals surface area (Å²) in [4.78, 5) is 27.0. The van der Waals surface area contributed by atoms with Crippen LogP contribution in [0, 0.1) is 17.3 Å². The molecule has 0 aliphatic carbocycles. The number of hydrogen-bond acceptors (Lipinski definition) is 3. The third-order valence-electron chi connectivity index (χ3n) is 5.25. The van der Waals surface area contributed by atoms with E-state index in [1.54, 1.807) is 6.20 Å². The molecule has 1 aromatic heterocycles. The van der Waals surface area contributed by atoms with Gasteiger partial charge in [0.25, 0.3) is 0 Å². The summed E-state index contributed by atoms with van der Waals surface area (Å²) >= 11 is 0. The lowest BCUT2D eigenvalue weighted by molar-refractivity contribution is -0.131. The van der Waals surface area contributed by atoms with E-state index in [0.717, 1.165) is 24.9 Å². The van der Waals surface area contributed by atoms with Gasteiger partial charge in [0.1, 0.15) is 0 Å². The number of aromatic amines is 1. The van der Waals surface area contributed by atoms with E-state index in [2.05, 4.69) is 36.3 Å². The quantitative estimate of drug-likeness (QED) is 0.746. The molecule has 1 fully saturated rings. The second-order valence-electron chi connectivity index (χ2n) is 8.80. The summed E-state index contributed by atoms with van der Waals surface area (Å²) in [6.07, 6.45) is 6.63. The van der Waals surface area contributed by atoms with Crippen LogP contribution in [0.25, 0.3) is 0 Å². The normalized spacial score (nSPS) is 20.6. The summed E-state index contributed by atoms with van der Waals surface area (Å²) in [5.74, 6) is 1.13. The number of nitrogens with one attached hydrogen (secondary N) is 2. The standard InChI is InChI=1S/C20H34N4O2/c1-14(2)9-20(4,5)19(26)21-10-17-8-15(3)24(13-17)18(25)7-6-16-11-22-23-12-16/h11-12,14-15,17H,6-10,13H2,1-5H3,(H,21,26)(H,22,23). The molecule has 2 heterocycles. The Bertz CT molecular complexity index is 595. The van der Waals surface area contributed by atoms with Crippen LogP contribution in [0.2, 0.25) is 0 Å². The molecule has 2 rings (SSSR count). The Hall–Kier alpha value is -1.85. The van der Waals surface area contributed by atoms with Gasteiger partial charge in [-0.15, -0.1) is 0 Å². The lowest BCUT2D eigenvalue weighted by Gasteiger charge is -2.26. The van der Waals surface area contributed by atoms with Gasteiger partial charge < -0.3 is 10.2 Å². The third-order valence-corrected chi connectivity index (χ3v) is 5.25. The van der Waals surface area contributed by atoms with Crippen molar-refractivity contribution in [3.63, 3.8) is 0 Å². The van der Waals surface area contributed by atoms with Gasteiger partial charge >= 0.3 is 0 Å². The Kier molecular flexibility index (Phi) is 6.84. The molecule has 2 amide bonds. The Morgan fingerprint density at radius 3 is 2.77 bits per heavy atom. The molecule has 146 valence electrons. The van der Waals surface area contributed by atoms with Crippen LogP contribution in [0.3, 0.4) is 0 Å². The van der Waals surface area contributed by atoms with E-state index in [-0.39, 0.29) is 23.3 Å². The summed E-state index contributed by atoms with van der Waals surface area (Å²) < 4.78 is 0. The molecule has 0 saturated carbocycles. The molecule has 0 radical (unpaired) electrons. The van der Waals surface area contributed by atoms with Crippen LogP contribution >= 0.6 is 0 Å². The first kappa shape index (κ1) is 20.5. The highest BCUT2D eigenvalue weighted by Gasteiger charge is 2.34. The monoisotopic (exact) mass is 362 g/mol. The van der Waals surface area contributed by atoms with Gasteiger partial charge in [-0.25, -0.2) is 0 Å². The minimum atomic E-state index is -0.349.